The highest BCUT2D eigenvalue weighted by Crippen LogP contribution is 2.32. The third-order valence-corrected chi connectivity index (χ3v) is 4.64. The Morgan fingerprint density at radius 1 is 1.17 bits per heavy atom. The molecule has 8 heteroatoms. The highest BCUT2D eigenvalue weighted by atomic mass is 19.4. The van der Waals surface area contributed by atoms with E-state index in [0.29, 0.717) is 30.1 Å². The SMILES string of the molecule is CCOC(=O)CCC(C)Oc1ccc(-n2c(C)nc3cc(C(F)(F)F)ccc32)cc1. The molecule has 2 aromatic carbocycles. The number of aryl methyl sites for hydroxylation is 1. The summed E-state index contributed by atoms with van der Waals surface area (Å²) in [4.78, 5) is 15.7. The van der Waals surface area contributed by atoms with Gasteiger partial charge >= 0.3 is 12.1 Å². The summed E-state index contributed by atoms with van der Waals surface area (Å²) in [6, 6.07) is 10.7. The quantitative estimate of drug-likeness (QED) is 0.476. The Kier molecular flexibility index (Phi) is 6.34. The zero-order valence-corrected chi connectivity index (χ0v) is 17.0. The molecule has 0 aliphatic carbocycles. The second-order valence-electron chi connectivity index (χ2n) is 6.96. The minimum absolute atomic E-state index is 0.170. The maximum Gasteiger partial charge on any atom is 0.416 e. The number of rotatable bonds is 7. The average Bonchev–Trinajstić information content (AvgIpc) is 3.01. The van der Waals surface area contributed by atoms with E-state index in [1.165, 1.54) is 6.07 Å². The van der Waals surface area contributed by atoms with Gasteiger partial charge in [-0.05, 0) is 69.7 Å². The van der Waals surface area contributed by atoms with Gasteiger partial charge in [-0.25, -0.2) is 4.98 Å². The standard InChI is InChI=1S/C22H23F3N2O3/c1-4-29-21(28)12-5-14(2)30-18-9-7-17(8-10-18)27-15(3)26-19-13-16(22(23,24)25)6-11-20(19)27/h6-11,13-14H,4-5,12H2,1-3H3. The molecular weight excluding hydrogens is 397 g/mol. The summed E-state index contributed by atoms with van der Waals surface area (Å²) in [7, 11) is 0. The van der Waals surface area contributed by atoms with E-state index < -0.39 is 11.7 Å². The first-order chi connectivity index (χ1) is 14.2. The molecule has 0 saturated carbocycles. The number of carbonyl (C=O) groups excluding carboxylic acids is 1. The molecule has 1 aromatic heterocycles. The van der Waals surface area contributed by atoms with Gasteiger partial charge in [-0.15, -0.1) is 0 Å². The minimum Gasteiger partial charge on any atom is -0.491 e. The first kappa shape index (κ1) is 21.7. The number of hydrogen-bond acceptors (Lipinski definition) is 4. The molecule has 0 fully saturated rings. The first-order valence-corrected chi connectivity index (χ1v) is 9.68. The number of carbonyl (C=O) groups is 1. The molecule has 0 spiro atoms. The van der Waals surface area contributed by atoms with Crippen LogP contribution in [-0.4, -0.2) is 28.2 Å². The Labute approximate surface area is 172 Å². The molecular formula is C22H23F3N2O3. The predicted molar refractivity (Wildman–Crippen MR) is 107 cm³/mol. The molecule has 3 rings (SSSR count). The minimum atomic E-state index is -4.41. The van der Waals surface area contributed by atoms with Crippen LogP contribution in [0, 0.1) is 6.92 Å². The van der Waals surface area contributed by atoms with Crippen LogP contribution >= 0.6 is 0 Å². The van der Waals surface area contributed by atoms with Crippen LogP contribution in [0.5, 0.6) is 5.75 Å². The van der Waals surface area contributed by atoms with Gasteiger partial charge in [0, 0.05) is 12.1 Å². The zero-order chi connectivity index (χ0) is 21.9. The van der Waals surface area contributed by atoms with E-state index in [4.69, 9.17) is 9.47 Å². The van der Waals surface area contributed by atoms with E-state index in [1.807, 2.05) is 19.1 Å². The molecule has 160 valence electrons. The molecule has 0 aliphatic heterocycles. The molecule has 5 nitrogen and oxygen atoms in total. The summed E-state index contributed by atoms with van der Waals surface area (Å²) in [6.45, 7) is 5.74. The van der Waals surface area contributed by atoms with Crippen LogP contribution in [0.1, 0.15) is 38.1 Å². The van der Waals surface area contributed by atoms with Gasteiger partial charge in [0.1, 0.15) is 11.6 Å². The Hall–Kier alpha value is -3.03. The fourth-order valence-electron chi connectivity index (χ4n) is 3.22. The number of esters is 1. The van der Waals surface area contributed by atoms with Crippen molar-refractivity contribution in [2.45, 2.75) is 45.9 Å². The lowest BCUT2D eigenvalue weighted by Crippen LogP contribution is -2.15. The largest absolute Gasteiger partial charge is 0.491 e. The number of fused-ring (bicyclic) bond motifs is 1. The number of halogens is 3. The molecule has 1 unspecified atom stereocenters. The van der Waals surface area contributed by atoms with E-state index in [-0.39, 0.29) is 24.0 Å². The van der Waals surface area contributed by atoms with Crippen LogP contribution in [0.2, 0.25) is 0 Å². The lowest BCUT2D eigenvalue weighted by Gasteiger charge is -2.15. The number of imidazole rings is 1. The number of ether oxygens (including phenoxy) is 2. The molecule has 1 heterocycles. The topological polar surface area (TPSA) is 53.4 Å². The van der Waals surface area contributed by atoms with Gasteiger partial charge in [0.05, 0.1) is 29.3 Å². The third-order valence-electron chi connectivity index (χ3n) is 4.64. The van der Waals surface area contributed by atoms with Crippen molar-refractivity contribution in [2.24, 2.45) is 0 Å². The van der Waals surface area contributed by atoms with Crippen molar-refractivity contribution in [1.82, 2.24) is 9.55 Å². The number of nitrogens with zero attached hydrogens (tertiary/aromatic N) is 2. The molecule has 1 atom stereocenters. The Balaban J connectivity index is 1.75. The molecule has 0 radical (unpaired) electrons. The van der Waals surface area contributed by atoms with Crippen LogP contribution in [0.15, 0.2) is 42.5 Å². The zero-order valence-electron chi connectivity index (χ0n) is 17.0. The van der Waals surface area contributed by atoms with Crippen LogP contribution in [0.4, 0.5) is 13.2 Å². The number of hydrogen-bond donors (Lipinski definition) is 0. The van der Waals surface area contributed by atoms with Gasteiger partial charge in [-0.3, -0.25) is 9.36 Å². The van der Waals surface area contributed by atoms with E-state index >= 15 is 0 Å². The van der Waals surface area contributed by atoms with Crippen molar-refractivity contribution >= 4 is 17.0 Å². The molecule has 30 heavy (non-hydrogen) atoms. The van der Waals surface area contributed by atoms with E-state index in [0.717, 1.165) is 17.8 Å². The van der Waals surface area contributed by atoms with Crippen molar-refractivity contribution in [3.63, 3.8) is 0 Å². The first-order valence-electron chi connectivity index (χ1n) is 9.68. The van der Waals surface area contributed by atoms with Gasteiger partial charge in [0.2, 0.25) is 0 Å². The van der Waals surface area contributed by atoms with E-state index in [9.17, 15) is 18.0 Å². The third kappa shape index (κ3) is 4.93. The monoisotopic (exact) mass is 420 g/mol. The summed E-state index contributed by atoms with van der Waals surface area (Å²) in [5, 5.41) is 0. The van der Waals surface area contributed by atoms with E-state index in [1.54, 1.807) is 30.5 Å². The number of benzene rings is 2. The van der Waals surface area contributed by atoms with Crippen molar-refractivity contribution in [3.8, 4) is 11.4 Å². The van der Waals surface area contributed by atoms with Gasteiger partial charge in [-0.1, -0.05) is 0 Å². The van der Waals surface area contributed by atoms with Gasteiger partial charge in [0.25, 0.3) is 0 Å². The Morgan fingerprint density at radius 2 is 1.87 bits per heavy atom. The highest BCUT2D eigenvalue weighted by molar-refractivity contribution is 5.79. The summed E-state index contributed by atoms with van der Waals surface area (Å²) >= 11 is 0. The van der Waals surface area contributed by atoms with Crippen molar-refractivity contribution in [2.75, 3.05) is 6.61 Å². The smallest absolute Gasteiger partial charge is 0.416 e. The second kappa shape index (κ2) is 8.77. The van der Waals surface area contributed by atoms with Gasteiger partial charge < -0.3 is 9.47 Å². The summed E-state index contributed by atoms with van der Waals surface area (Å²) in [5.41, 5.74) is 0.925. The van der Waals surface area contributed by atoms with E-state index in [2.05, 4.69) is 4.98 Å². The van der Waals surface area contributed by atoms with Crippen molar-refractivity contribution in [3.05, 3.63) is 53.9 Å². The lowest BCUT2D eigenvalue weighted by molar-refractivity contribution is -0.143. The number of alkyl halides is 3. The van der Waals surface area contributed by atoms with Gasteiger partial charge in [-0.2, -0.15) is 13.2 Å². The fraction of sp³-hybridized carbons (Fsp3) is 0.364. The van der Waals surface area contributed by atoms with Gasteiger partial charge in [0.15, 0.2) is 0 Å². The predicted octanol–water partition coefficient (Wildman–Crippen LogP) is 5.46. The van der Waals surface area contributed by atoms with Crippen LogP contribution in [-0.2, 0) is 15.7 Å². The summed E-state index contributed by atoms with van der Waals surface area (Å²) < 4.78 is 51.4. The molecule has 0 amide bonds. The maximum atomic E-state index is 13.0. The molecule has 0 saturated heterocycles. The van der Waals surface area contributed by atoms with Crippen LogP contribution in [0.3, 0.4) is 0 Å². The van der Waals surface area contributed by atoms with Crippen molar-refractivity contribution < 1.29 is 27.4 Å². The average molecular weight is 420 g/mol. The maximum absolute atomic E-state index is 13.0. The lowest BCUT2D eigenvalue weighted by atomic mass is 10.2. The summed E-state index contributed by atoms with van der Waals surface area (Å²) in [5.74, 6) is 0.969. The van der Waals surface area contributed by atoms with Crippen LogP contribution < -0.4 is 4.74 Å². The normalized spacial score (nSPS) is 12.7. The van der Waals surface area contributed by atoms with Crippen molar-refractivity contribution in [1.29, 1.82) is 0 Å². The molecule has 0 N–H and O–H groups in total. The Morgan fingerprint density at radius 3 is 2.50 bits per heavy atom. The highest BCUT2D eigenvalue weighted by Gasteiger charge is 2.31. The number of aromatic nitrogens is 2. The fourth-order valence-corrected chi connectivity index (χ4v) is 3.22. The van der Waals surface area contributed by atoms with Crippen LogP contribution in [0.25, 0.3) is 16.7 Å². The molecule has 0 aliphatic rings. The second-order valence-corrected chi connectivity index (χ2v) is 6.96. The molecule has 3 aromatic rings. The Bertz CT molecular complexity index is 1030. The summed E-state index contributed by atoms with van der Waals surface area (Å²) in [6.07, 6.45) is -3.76. The molecule has 0 bridgehead atoms.